The van der Waals surface area contributed by atoms with E-state index >= 15 is 0 Å². The van der Waals surface area contributed by atoms with Crippen molar-refractivity contribution in [2.75, 3.05) is 0 Å². The Bertz CT molecular complexity index is 638. The van der Waals surface area contributed by atoms with Gasteiger partial charge >= 0.3 is 0 Å². The molecule has 0 fully saturated rings. The van der Waals surface area contributed by atoms with Crippen molar-refractivity contribution in [3.8, 4) is 0 Å². The van der Waals surface area contributed by atoms with Crippen LogP contribution in [0.1, 0.15) is 27.9 Å². The zero-order valence-electron chi connectivity index (χ0n) is 11.8. The lowest BCUT2D eigenvalue weighted by atomic mass is 10.1. The number of carbonyl (C=O) groups is 1. The Labute approximate surface area is 133 Å². The van der Waals surface area contributed by atoms with Gasteiger partial charge < -0.3 is 0 Å². The van der Waals surface area contributed by atoms with E-state index in [1.165, 1.54) is 5.56 Å². The van der Waals surface area contributed by atoms with E-state index in [0.29, 0.717) is 5.56 Å². The molecule has 0 unspecified atom stereocenters. The maximum Gasteiger partial charge on any atom is 0.271 e. The Hall–Kier alpha value is -1.94. The molecule has 0 heterocycles. The van der Waals surface area contributed by atoms with Gasteiger partial charge in [-0.05, 0) is 43.0 Å². The van der Waals surface area contributed by atoms with Gasteiger partial charge in [-0.2, -0.15) is 5.10 Å². The van der Waals surface area contributed by atoms with E-state index in [4.69, 9.17) is 0 Å². The Morgan fingerprint density at radius 2 is 2.00 bits per heavy atom. The highest BCUT2D eigenvalue weighted by atomic mass is 79.9. The van der Waals surface area contributed by atoms with Crippen LogP contribution in [-0.2, 0) is 6.42 Å². The fraction of sp³-hybridized carbons (Fsp3) is 0.176. The van der Waals surface area contributed by atoms with Crippen LogP contribution in [0.2, 0.25) is 0 Å². The summed E-state index contributed by atoms with van der Waals surface area (Å²) < 4.78 is 0.920. The quantitative estimate of drug-likeness (QED) is 0.643. The van der Waals surface area contributed by atoms with Crippen molar-refractivity contribution in [3.63, 3.8) is 0 Å². The number of hydrogen-bond donors (Lipinski definition) is 1. The first-order valence-electron chi connectivity index (χ1n) is 6.79. The molecule has 0 atom stereocenters. The first-order chi connectivity index (χ1) is 10.2. The number of halogens is 1. The van der Waals surface area contributed by atoms with Crippen LogP contribution in [0.3, 0.4) is 0 Å². The summed E-state index contributed by atoms with van der Waals surface area (Å²) in [7, 11) is 0. The van der Waals surface area contributed by atoms with E-state index in [0.717, 1.165) is 22.9 Å². The predicted molar refractivity (Wildman–Crippen MR) is 89.6 cm³/mol. The Morgan fingerprint density at radius 3 is 2.71 bits per heavy atom. The molecule has 4 heteroatoms. The predicted octanol–water partition coefficient (Wildman–Crippen LogP) is 4.11. The van der Waals surface area contributed by atoms with Crippen LogP contribution in [0.25, 0.3) is 0 Å². The van der Waals surface area contributed by atoms with Crippen molar-refractivity contribution in [3.05, 3.63) is 69.7 Å². The SMILES string of the molecule is Cc1ccc(C(=O)N/N=C/CCc2ccccc2)cc1Br. The lowest BCUT2D eigenvalue weighted by Gasteiger charge is -2.02. The van der Waals surface area contributed by atoms with Crippen LogP contribution in [0.15, 0.2) is 58.1 Å². The molecule has 2 aromatic carbocycles. The lowest BCUT2D eigenvalue weighted by Crippen LogP contribution is -2.17. The third-order valence-corrected chi connectivity index (χ3v) is 3.95. The number of hydrogen-bond acceptors (Lipinski definition) is 2. The van der Waals surface area contributed by atoms with Crippen molar-refractivity contribution in [1.29, 1.82) is 0 Å². The number of aryl methyl sites for hydroxylation is 2. The number of hydrazone groups is 1. The van der Waals surface area contributed by atoms with E-state index in [1.807, 2.05) is 31.2 Å². The fourth-order valence-electron chi connectivity index (χ4n) is 1.84. The molecule has 0 aliphatic rings. The molecule has 0 aliphatic heterocycles. The van der Waals surface area contributed by atoms with E-state index in [2.05, 4.69) is 38.6 Å². The molecular weight excluding hydrogens is 328 g/mol. The minimum absolute atomic E-state index is 0.202. The Balaban J connectivity index is 1.80. The van der Waals surface area contributed by atoms with E-state index < -0.39 is 0 Å². The van der Waals surface area contributed by atoms with Crippen LogP contribution >= 0.6 is 15.9 Å². The molecule has 0 saturated carbocycles. The normalized spacial score (nSPS) is 10.8. The lowest BCUT2D eigenvalue weighted by molar-refractivity contribution is 0.0955. The van der Waals surface area contributed by atoms with Crippen LogP contribution < -0.4 is 5.43 Å². The van der Waals surface area contributed by atoms with Gasteiger partial charge in [0.05, 0.1) is 0 Å². The Kier molecular flexibility index (Phi) is 5.69. The van der Waals surface area contributed by atoms with Crippen LogP contribution in [0.5, 0.6) is 0 Å². The van der Waals surface area contributed by atoms with E-state index in [1.54, 1.807) is 18.3 Å². The zero-order chi connectivity index (χ0) is 15.1. The average Bonchev–Trinajstić information content (AvgIpc) is 2.50. The van der Waals surface area contributed by atoms with Crippen molar-refractivity contribution in [1.82, 2.24) is 5.43 Å². The molecule has 2 rings (SSSR count). The first kappa shape index (κ1) is 15.4. The molecule has 1 N–H and O–H groups in total. The molecule has 3 nitrogen and oxygen atoms in total. The molecule has 0 saturated heterocycles. The molecule has 108 valence electrons. The first-order valence-corrected chi connectivity index (χ1v) is 7.58. The third kappa shape index (κ3) is 4.83. The molecule has 0 aromatic heterocycles. The number of nitrogens with one attached hydrogen (secondary N) is 1. The van der Waals surface area contributed by atoms with Gasteiger partial charge in [0.2, 0.25) is 0 Å². The number of amides is 1. The molecule has 1 amide bonds. The summed E-state index contributed by atoms with van der Waals surface area (Å²) in [5, 5.41) is 3.97. The molecule has 2 aromatic rings. The second-order valence-corrected chi connectivity index (χ2v) is 5.60. The Morgan fingerprint density at radius 1 is 1.24 bits per heavy atom. The van der Waals surface area contributed by atoms with Crippen LogP contribution in [-0.4, -0.2) is 12.1 Å². The van der Waals surface area contributed by atoms with Gasteiger partial charge in [-0.25, -0.2) is 5.43 Å². The summed E-state index contributed by atoms with van der Waals surface area (Å²) in [4.78, 5) is 11.9. The summed E-state index contributed by atoms with van der Waals surface area (Å²) in [6, 6.07) is 15.7. The van der Waals surface area contributed by atoms with Gasteiger partial charge in [-0.1, -0.05) is 52.3 Å². The minimum Gasteiger partial charge on any atom is -0.267 e. The number of nitrogens with zero attached hydrogens (tertiary/aromatic N) is 1. The second-order valence-electron chi connectivity index (χ2n) is 4.74. The standard InChI is InChI=1S/C17H17BrN2O/c1-13-9-10-15(12-16(13)18)17(21)20-19-11-5-8-14-6-3-2-4-7-14/h2-4,6-7,9-12H,5,8H2,1H3,(H,20,21)/b19-11+. The number of carbonyl (C=O) groups excluding carboxylic acids is 1. The maximum absolute atomic E-state index is 11.9. The average molecular weight is 345 g/mol. The van der Waals surface area contributed by atoms with E-state index in [9.17, 15) is 4.79 Å². The largest absolute Gasteiger partial charge is 0.271 e. The van der Waals surface area contributed by atoms with Crippen molar-refractivity contribution in [2.45, 2.75) is 19.8 Å². The van der Waals surface area contributed by atoms with Crippen LogP contribution in [0.4, 0.5) is 0 Å². The third-order valence-electron chi connectivity index (χ3n) is 3.10. The van der Waals surface area contributed by atoms with Gasteiger partial charge in [0.1, 0.15) is 0 Å². The summed E-state index contributed by atoms with van der Waals surface area (Å²) in [6.07, 6.45) is 3.44. The molecule has 0 aliphatic carbocycles. The van der Waals surface area contributed by atoms with Crippen molar-refractivity contribution < 1.29 is 4.79 Å². The van der Waals surface area contributed by atoms with Gasteiger partial charge in [0.25, 0.3) is 5.91 Å². The highest BCUT2D eigenvalue weighted by Gasteiger charge is 2.05. The monoisotopic (exact) mass is 344 g/mol. The molecule has 0 spiro atoms. The van der Waals surface area contributed by atoms with Gasteiger partial charge in [-0.15, -0.1) is 0 Å². The van der Waals surface area contributed by atoms with Crippen LogP contribution in [0, 0.1) is 6.92 Å². The maximum atomic E-state index is 11.9. The summed E-state index contributed by atoms with van der Waals surface area (Å²) in [6.45, 7) is 1.98. The summed E-state index contributed by atoms with van der Waals surface area (Å²) in [5.74, 6) is -0.202. The fourth-order valence-corrected chi connectivity index (χ4v) is 2.22. The zero-order valence-corrected chi connectivity index (χ0v) is 13.4. The highest BCUT2D eigenvalue weighted by Crippen LogP contribution is 2.17. The highest BCUT2D eigenvalue weighted by molar-refractivity contribution is 9.10. The number of rotatable bonds is 5. The topological polar surface area (TPSA) is 41.5 Å². The van der Waals surface area contributed by atoms with E-state index in [-0.39, 0.29) is 5.91 Å². The number of benzene rings is 2. The molecule has 0 bridgehead atoms. The summed E-state index contributed by atoms with van der Waals surface area (Å²) in [5.41, 5.74) is 5.49. The second kappa shape index (κ2) is 7.74. The molecular formula is C17H17BrN2O. The smallest absolute Gasteiger partial charge is 0.267 e. The van der Waals surface area contributed by atoms with Crippen molar-refractivity contribution >= 4 is 28.1 Å². The van der Waals surface area contributed by atoms with Gasteiger partial charge in [0, 0.05) is 16.3 Å². The van der Waals surface area contributed by atoms with Gasteiger partial charge in [-0.3, -0.25) is 4.79 Å². The minimum atomic E-state index is -0.202. The van der Waals surface area contributed by atoms with Gasteiger partial charge in [0.15, 0.2) is 0 Å². The summed E-state index contributed by atoms with van der Waals surface area (Å²) >= 11 is 3.41. The molecule has 21 heavy (non-hydrogen) atoms. The van der Waals surface area contributed by atoms with Crippen molar-refractivity contribution in [2.24, 2.45) is 5.10 Å². The molecule has 0 radical (unpaired) electrons.